The Labute approximate surface area is 138 Å². The molecule has 3 aromatic heterocycles. The zero-order chi connectivity index (χ0) is 16.4. The lowest BCUT2D eigenvalue weighted by molar-refractivity contribution is 0.181. The summed E-state index contributed by atoms with van der Waals surface area (Å²) in [5.41, 5.74) is 1.83. The fourth-order valence-corrected chi connectivity index (χ4v) is 3.18. The first-order chi connectivity index (χ1) is 11.1. The predicted molar refractivity (Wildman–Crippen MR) is 89.7 cm³/mol. The van der Waals surface area contributed by atoms with Gasteiger partial charge < -0.3 is 10.1 Å². The average Bonchev–Trinajstić information content (AvgIpc) is 3.16. The monoisotopic (exact) mass is 332 g/mol. The van der Waals surface area contributed by atoms with Gasteiger partial charge in [-0.25, -0.2) is 9.97 Å². The van der Waals surface area contributed by atoms with Crippen molar-refractivity contribution in [2.75, 3.05) is 12.4 Å². The maximum atomic E-state index is 5.17. The van der Waals surface area contributed by atoms with Gasteiger partial charge in [-0.2, -0.15) is 14.6 Å². The lowest BCUT2D eigenvalue weighted by Crippen LogP contribution is -2.12. The van der Waals surface area contributed by atoms with Crippen LogP contribution in [-0.2, 0) is 11.3 Å². The number of ether oxygens (including phenoxy) is 1. The lowest BCUT2D eigenvalue weighted by Gasteiger charge is -2.14. The van der Waals surface area contributed by atoms with E-state index in [0.717, 1.165) is 22.2 Å². The third-order valence-corrected chi connectivity index (χ3v) is 4.60. The summed E-state index contributed by atoms with van der Waals surface area (Å²) in [6.45, 7) is 6.82. The fraction of sp³-hybridized carbons (Fsp3) is 0.467. The molecule has 3 aromatic rings. The minimum atomic E-state index is 0.0592. The van der Waals surface area contributed by atoms with E-state index >= 15 is 0 Å². The zero-order valence-electron chi connectivity index (χ0n) is 13.6. The molecule has 0 bridgehead atoms. The normalized spacial score (nSPS) is 12.9. The Morgan fingerprint density at radius 2 is 2.13 bits per heavy atom. The molecular weight excluding hydrogens is 312 g/mol. The Balaban J connectivity index is 1.88. The molecule has 23 heavy (non-hydrogen) atoms. The molecule has 0 spiro atoms. The van der Waals surface area contributed by atoms with Crippen LogP contribution >= 0.6 is 11.3 Å². The molecule has 3 rings (SSSR count). The van der Waals surface area contributed by atoms with E-state index in [1.54, 1.807) is 23.0 Å². The van der Waals surface area contributed by atoms with E-state index in [1.807, 2.05) is 6.07 Å². The number of methoxy groups -OCH3 is 1. The second kappa shape index (κ2) is 6.59. The fourth-order valence-electron chi connectivity index (χ4n) is 2.25. The topological polar surface area (TPSA) is 77.2 Å². The number of rotatable bonds is 6. The van der Waals surface area contributed by atoms with Crippen LogP contribution in [0.3, 0.4) is 0 Å². The number of hydrogen-bond donors (Lipinski definition) is 1. The highest BCUT2D eigenvalue weighted by atomic mass is 32.1. The Hall–Kier alpha value is -2.06. The second-order valence-corrected chi connectivity index (χ2v) is 6.56. The van der Waals surface area contributed by atoms with Crippen molar-refractivity contribution in [2.45, 2.75) is 39.3 Å². The van der Waals surface area contributed by atoms with Crippen molar-refractivity contribution < 1.29 is 4.74 Å². The summed E-state index contributed by atoms with van der Waals surface area (Å²) in [5, 5.41) is 10.9. The van der Waals surface area contributed by atoms with Crippen molar-refractivity contribution in [1.82, 2.24) is 24.6 Å². The predicted octanol–water partition coefficient (Wildman–Crippen LogP) is 3.02. The first-order valence-electron chi connectivity index (χ1n) is 7.49. The molecule has 0 aliphatic heterocycles. The number of anilines is 1. The van der Waals surface area contributed by atoms with Gasteiger partial charge in [-0.15, -0.1) is 11.3 Å². The van der Waals surface area contributed by atoms with E-state index in [2.05, 4.69) is 46.5 Å². The van der Waals surface area contributed by atoms with E-state index in [-0.39, 0.29) is 6.04 Å². The highest BCUT2D eigenvalue weighted by Crippen LogP contribution is 2.25. The summed E-state index contributed by atoms with van der Waals surface area (Å²) in [7, 11) is 1.65. The summed E-state index contributed by atoms with van der Waals surface area (Å²) < 4.78 is 6.86. The standard InChI is InChI=1S/C15H20N6OS/c1-9(2)14-20-12(7-23-14)10(3)18-13-5-11(6-22-4)19-15-16-8-17-21(13)15/h5,7-10,18H,6H2,1-4H3. The molecule has 0 aliphatic carbocycles. The Morgan fingerprint density at radius 1 is 1.30 bits per heavy atom. The maximum absolute atomic E-state index is 5.17. The van der Waals surface area contributed by atoms with Gasteiger partial charge in [0.1, 0.15) is 12.1 Å². The van der Waals surface area contributed by atoms with Gasteiger partial charge in [0.2, 0.25) is 0 Å². The molecule has 0 saturated heterocycles. The van der Waals surface area contributed by atoms with E-state index in [0.29, 0.717) is 18.3 Å². The molecule has 0 radical (unpaired) electrons. The number of thiazole rings is 1. The lowest BCUT2D eigenvalue weighted by atomic mass is 10.2. The summed E-state index contributed by atoms with van der Waals surface area (Å²) in [5.74, 6) is 1.82. The smallest absolute Gasteiger partial charge is 0.254 e. The quantitative estimate of drug-likeness (QED) is 0.747. The molecule has 0 amide bonds. The number of aromatic nitrogens is 5. The molecule has 3 heterocycles. The van der Waals surface area contributed by atoms with Crippen LogP contribution in [0.15, 0.2) is 17.8 Å². The Kier molecular flexibility index (Phi) is 4.53. The van der Waals surface area contributed by atoms with Crippen LogP contribution in [0.5, 0.6) is 0 Å². The molecule has 1 unspecified atom stereocenters. The van der Waals surface area contributed by atoms with Gasteiger partial charge in [0, 0.05) is 24.5 Å². The number of hydrogen-bond acceptors (Lipinski definition) is 7. The van der Waals surface area contributed by atoms with Crippen LogP contribution in [0.1, 0.15) is 49.1 Å². The second-order valence-electron chi connectivity index (χ2n) is 5.67. The van der Waals surface area contributed by atoms with Crippen LogP contribution in [0, 0.1) is 0 Å². The molecule has 0 fully saturated rings. The molecule has 0 aliphatic rings. The highest BCUT2D eigenvalue weighted by Gasteiger charge is 2.15. The van der Waals surface area contributed by atoms with Crippen molar-refractivity contribution in [3.63, 3.8) is 0 Å². The van der Waals surface area contributed by atoms with Crippen LogP contribution in [-0.4, -0.2) is 31.7 Å². The van der Waals surface area contributed by atoms with Gasteiger partial charge >= 0.3 is 0 Å². The third kappa shape index (κ3) is 3.32. The third-order valence-electron chi connectivity index (χ3n) is 3.44. The average molecular weight is 332 g/mol. The number of fused-ring (bicyclic) bond motifs is 1. The first-order valence-corrected chi connectivity index (χ1v) is 8.37. The van der Waals surface area contributed by atoms with E-state index in [4.69, 9.17) is 9.72 Å². The number of nitrogens with zero attached hydrogens (tertiary/aromatic N) is 5. The summed E-state index contributed by atoms with van der Waals surface area (Å²) in [6.07, 6.45) is 1.49. The van der Waals surface area contributed by atoms with Crippen LogP contribution < -0.4 is 5.32 Å². The summed E-state index contributed by atoms with van der Waals surface area (Å²) in [4.78, 5) is 13.3. The van der Waals surface area contributed by atoms with Gasteiger partial charge in [0.15, 0.2) is 0 Å². The molecule has 122 valence electrons. The Bertz CT molecular complexity index is 796. The van der Waals surface area contributed by atoms with Crippen molar-refractivity contribution in [1.29, 1.82) is 0 Å². The van der Waals surface area contributed by atoms with Gasteiger partial charge in [-0.05, 0) is 6.92 Å². The van der Waals surface area contributed by atoms with Crippen molar-refractivity contribution in [3.05, 3.63) is 34.2 Å². The molecular formula is C15H20N6OS. The SMILES string of the molecule is COCc1cc(NC(C)c2csc(C(C)C)n2)n2ncnc2n1. The minimum absolute atomic E-state index is 0.0592. The summed E-state index contributed by atoms with van der Waals surface area (Å²) in [6, 6.07) is 1.99. The van der Waals surface area contributed by atoms with Gasteiger partial charge in [0.25, 0.3) is 5.78 Å². The minimum Gasteiger partial charge on any atom is -0.378 e. The highest BCUT2D eigenvalue weighted by molar-refractivity contribution is 7.09. The molecule has 0 saturated carbocycles. The number of nitrogens with one attached hydrogen (secondary N) is 1. The van der Waals surface area contributed by atoms with E-state index in [9.17, 15) is 0 Å². The van der Waals surface area contributed by atoms with Crippen molar-refractivity contribution in [2.24, 2.45) is 0 Å². The van der Waals surface area contributed by atoms with E-state index < -0.39 is 0 Å². The molecule has 7 nitrogen and oxygen atoms in total. The maximum Gasteiger partial charge on any atom is 0.254 e. The molecule has 0 aromatic carbocycles. The zero-order valence-corrected chi connectivity index (χ0v) is 14.5. The molecule has 8 heteroatoms. The van der Waals surface area contributed by atoms with E-state index in [1.165, 1.54) is 6.33 Å². The largest absolute Gasteiger partial charge is 0.378 e. The van der Waals surface area contributed by atoms with Crippen molar-refractivity contribution >= 4 is 22.9 Å². The van der Waals surface area contributed by atoms with Crippen LogP contribution in [0.2, 0.25) is 0 Å². The first kappa shape index (κ1) is 15.8. The Morgan fingerprint density at radius 3 is 2.83 bits per heavy atom. The van der Waals surface area contributed by atoms with Crippen LogP contribution in [0.25, 0.3) is 5.78 Å². The van der Waals surface area contributed by atoms with Crippen molar-refractivity contribution in [3.8, 4) is 0 Å². The van der Waals surface area contributed by atoms with Gasteiger partial charge in [-0.1, -0.05) is 13.8 Å². The van der Waals surface area contributed by atoms with Gasteiger partial charge in [0.05, 0.1) is 29.0 Å². The molecule has 1 atom stereocenters. The van der Waals surface area contributed by atoms with Crippen LogP contribution in [0.4, 0.5) is 5.82 Å². The summed E-state index contributed by atoms with van der Waals surface area (Å²) >= 11 is 1.69. The molecule has 1 N–H and O–H groups in total. The van der Waals surface area contributed by atoms with Gasteiger partial charge in [-0.3, -0.25) is 0 Å².